The Kier molecular flexibility index (Phi) is 80.0. The van der Waals surface area contributed by atoms with E-state index in [1.807, 2.05) is 32.1 Å². The molecule has 0 saturated heterocycles. The number of nitriles is 4. The Morgan fingerprint density at radius 3 is 0.688 bits per heavy atom. The van der Waals surface area contributed by atoms with E-state index in [0.717, 1.165) is 16.7 Å². The first kappa shape index (κ1) is 137. The molecule has 0 fully saturated rings. The van der Waals surface area contributed by atoms with Crippen LogP contribution in [0.3, 0.4) is 0 Å². The number of sulfonamides is 2. The Balaban J connectivity index is -0.000000835. The van der Waals surface area contributed by atoms with Crippen LogP contribution in [-0.4, -0.2) is 358 Å². The normalized spacial score (nSPS) is 11.2. The first-order chi connectivity index (χ1) is 66.8. The molecule has 3 amide bonds. The summed E-state index contributed by atoms with van der Waals surface area (Å²) in [5, 5.41) is 83.7. The van der Waals surface area contributed by atoms with Gasteiger partial charge in [0.15, 0.2) is 0 Å². The zero-order valence-electron chi connectivity index (χ0n) is 80.6. The van der Waals surface area contributed by atoms with Crippen molar-refractivity contribution in [1.82, 2.24) is 25.9 Å². The number of nitrogens with two attached hydrogens (primary N) is 3. The number of aryl methyl sites for hydroxylation is 3. The number of halogens is 1. The van der Waals surface area contributed by atoms with Gasteiger partial charge in [0.05, 0.1) is 354 Å². The molecule has 0 aliphatic heterocycles. The molecule has 0 unspecified atom stereocenters. The number of carbonyl (C=O) groups excluding carboxylic acids is 9. The van der Waals surface area contributed by atoms with Crippen molar-refractivity contribution in [3.63, 3.8) is 0 Å². The van der Waals surface area contributed by atoms with E-state index in [0.29, 0.717) is 39.1 Å². The molecule has 55 heteroatoms. The maximum atomic E-state index is 13.2. The largest absolute Gasteiger partial charge is 0.469 e. The number of methoxy groups -OCH3 is 6. The van der Waals surface area contributed by atoms with Crippen molar-refractivity contribution >= 4 is 93.3 Å². The Bertz CT molecular complexity index is 4150. The summed E-state index contributed by atoms with van der Waals surface area (Å²) in [4.78, 5) is 101. The summed E-state index contributed by atoms with van der Waals surface area (Å²) in [6.45, 7) is 6.87. The minimum Gasteiger partial charge on any atom is -0.469 e. The summed E-state index contributed by atoms with van der Waals surface area (Å²) >= 11 is 0. The first-order valence-electron chi connectivity index (χ1n) is 42.5. The van der Waals surface area contributed by atoms with Gasteiger partial charge in [-0.1, -0.05) is 59.7 Å². The smallest absolute Gasteiger partial charge is 0.307 e. The van der Waals surface area contributed by atoms with Crippen LogP contribution in [0, 0.1) is 66.1 Å². The highest BCUT2D eigenvalue weighted by Gasteiger charge is 2.40. The maximum absolute atomic E-state index is 13.2. The molecule has 17 N–H and O–H groups in total. The van der Waals surface area contributed by atoms with Crippen LogP contribution in [0.1, 0.15) is 93.7 Å². The molecule has 0 bridgehead atoms. The van der Waals surface area contributed by atoms with Gasteiger partial charge in [-0.3, -0.25) is 58.8 Å². The number of hydroxylamine groups is 3. The fourth-order valence-electron chi connectivity index (χ4n) is 9.47. The summed E-state index contributed by atoms with van der Waals surface area (Å²) in [5.41, 5.74) is 18.4. The number of benzene rings is 3. The summed E-state index contributed by atoms with van der Waals surface area (Å²) in [7, 11) is 0.907. The molecule has 3 rings (SSSR count). The standard InChI is InChI=1S/C23H35NO11S.C20H32N4O11S.C16H29NO9.C13H20N4O3.C7H7ClO2S.C4H11NO3.C3H3N/c1-18-5-7-19(8-6-18)36(28,29)24-23(15-33-12-9-20(25)30-2,16-34-13-10-21(26)31-3)17-35-14-11-22(27)32-4;1-15-2-4-16(5-3-15)36(31,32)24-20(12-33-9-6-17(25)21-28,13-34-10-7-18(26)22-29)14-35-11-8-19(27)23-30;1-21-13(18)4-7-24-10-16(17,11-25-8-5-14(19)22-2)12-26-9-6-15(20)23-3;14-4-1-7-18-10-13(17,11-19-8-2-5-15)12-20-9-3-6-16;1-6-2-4-7(5-3-6)11(8,9)10;5-4(1-6,2-7)3-8;1-2-3-4/h5-8,24H,9-17H2,1-4H3;2-5,24,28-30H,6-14H2,1H3,(H,21,25)(H,22,26)(H,23,27);4-12,17H2,1-3H3;1-3,7-12,17H2;2-5H,1H3;6-8H,1-3,5H2;2H,1H2. The maximum Gasteiger partial charge on any atom is 0.307 e. The molecule has 0 aliphatic carbocycles. The van der Waals surface area contributed by atoms with Gasteiger partial charge in [0, 0.05) is 16.8 Å². The molecule has 0 radical (unpaired) electrons. The number of allylic oxidation sites excluding steroid dienone is 1. The van der Waals surface area contributed by atoms with Gasteiger partial charge in [-0.15, -0.1) is 0 Å². The lowest BCUT2D eigenvalue weighted by atomic mass is 10.1. The average Bonchev–Trinajstić information content (AvgIpc) is 0.805. The Morgan fingerprint density at radius 1 is 0.340 bits per heavy atom. The summed E-state index contributed by atoms with van der Waals surface area (Å²) in [5.74, 6) is -4.84. The molecule has 0 heterocycles. The van der Waals surface area contributed by atoms with Gasteiger partial charge in [-0.25, -0.2) is 41.7 Å². The zero-order valence-corrected chi connectivity index (χ0v) is 83.8. The van der Waals surface area contributed by atoms with Crippen molar-refractivity contribution in [3.8, 4) is 24.3 Å². The second-order valence-electron chi connectivity index (χ2n) is 29.7. The molecule has 0 atom stereocenters. The predicted molar refractivity (Wildman–Crippen MR) is 494 cm³/mol. The van der Waals surface area contributed by atoms with Crippen LogP contribution in [0.2, 0.25) is 0 Å². The number of aliphatic hydroxyl groups is 3. The number of carbonyl (C=O) groups is 9. The molecule has 141 heavy (non-hydrogen) atoms. The molecule has 0 aliphatic rings. The second kappa shape index (κ2) is 82.3. The molecular formula is C86H137ClN12O39S3. The van der Waals surface area contributed by atoms with E-state index in [2.05, 4.69) is 44.4 Å². The molecule has 0 spiro atoms. The summed E-state index contributed by atoms with van der Waals surface area (Å²) in [6.07, 6.45) is 1.50. The Labute approximate surface area is 825 Å². The Morgan fingerprint density at radius 2 is 0.525 bits per heavy atom. The van der Waals surface area contributed by atoms with Crippen molar-refractivity contribution in [2.75, 3.05) is 221 Å². The Hall–Kier alpha value is -10.2. The fraction of sp³-hybridized carbons (Fsp3) is 0.616. The topological polar surface area (TPSA) is 777 Å². The number of ether oxygens (including phenoxy) is 18. The molecule has 800 valence electrons. The van der Waals surface area contributed by atoms with Crippen molar-refractivity contribution < 1.29 is 185 Å². The highest BCUT2D eigenvalue weighted by molar-refractivity contribution is 8.13. The van der Waals surface area contributed by atoms with Crippen LogP contribution in [0.25, 0.3) is 0 Å². The lowest BCUT2D eigenvalue weighted by molar-refractivity contribution is -0.144. The second-order valence-corrected chi connectivity index (χ2v) is 35.6. The number of esters is 6. The fourth-order valence-corrected chi connectivity index (χ4v) is 13.0. The number of amides is 3. The van der Waals surface area contributed by atoms with Crippen LogP contribution in [0.15, 0.2) is 100 Å². The van der Waals surface area contributed by atoms with Gasteiger partial charge in [-0.2, -0.15) is 30.5 Å². The number of hydrogen-bond acceptors (Lipinski definition) is 46. The number of nitrogens with one attached hydrogen (secondary N) is 5. The number of rotatable bonds is 67. The van der Waals surface area contributed by atoms with Crippen molar-refractivity contribution in [2.45, 2.75) is 140 Å². The third-order valence-corrected chi connectivity index (χ3v) is 21.8. The van der Waals surface area contributed by atoms with E-state index >= 15 is 0 Å². The minimum atomic E-state index is -4.16. The highest BCUT2D eigenvalue weighted by atomic mass is 35.7. The molecule has 51 nitrogen and oxygen atoms in total. The van der Waals surface area contributed by atoms with Crippen LogP contribution in [-0.2, 0) is 158 Å². The highest BCUT2D eigenvalue weighted by Crippen LogP contribution is 2.22. The molecule has 0 saturated carbocycles. The first-order valence-corrected chi connectivity index (χ1v) is 47.7. The van der Waals surface area contributed by atoms with Crippen molar-refractivity contribution in [1.29, 1.82) is 21.0 Å². The van der Waals surface area contributed by atoms with E-state index in [9.17, 15) is 68.4 Å². The summed E-state index contributed by atoms with van der Waals surface area (Å²) in [6, 6.07) is 26.2. The van der Waals surface area contributed by atoms with Crippen LogP contribution in [0.5, 0.6) is 0 Å². The van der Waals surface area contributed by atoms with Gasteiger partial charge < -0.3 is 118 Å². The molecule has 3 aromatic carbocycles. The average molecular weight is 2090 g/mol. The number of nitrogens with zero attached hydrogens (tertiary/aromatic N) is 4. The monoisotopic (exact) mass is 2090 g/mol. The quantitative estimate of drug-likeness (QED) is 0.00655. The number of aliphatic hydroxyl groups excluding tert-OH is 3. The van der Waals surface area contributed by atoms with E-state index in [4.69, 9.17) is 137 Å². The SMILES string of the molecule is C=CC#N.COC(=O)CCOCC(COCCC(=O)OC)(COCCC(=O)OC)NS(=O)(=O)c1ccc(C)cc1.COC(=O)CCOCC(N)(COCCC(=O)OC)COCCC(=O)OC.Cc1ccc(S(=O)(=O)Cl)cc1.Cc1ccc(S(=O)(=O)NC(COCCC(=O)NO)(COCCC(=O)NO)COCCC(=O)NO)cc1.N#CCCOCC(N)(COCCC#N)COCCC#N.NC(CO)(CO)CO. The van der Waals surface area contributed by atoms with Gasteiger partial charge in [0.25, 0.3) is 9.05 Å². The van der Waals surface area contributed by atoms with E-state index in [1.54, 1.807) is 49.4 Å². The minimum absolute atomic E-state index is 0.0103. The molecule has 3 aromatic rings. The van der Waals surface area contributed by atoms with Crippen molar-refractivity contribution in [3.05, 3.63) is 102 Å². The van der Waals surface area contributed by atoms with Crippen LogP contribution >= 0.6 is 10.7 Å². The van der Waals surface area contributed by atoms with Crippen LogP contribution < -0.4 is 43.1 Å². The lowest BCUT2D eigenvalue weighted by Crippen LogP contribution is -2.58. The predicted octanol–water partition coefficient (Wildman–Crippen LogP) is -0.323. The third-order valence-electron chi connectivity index (χ3n) is 17.2. The van der Waals surface area contributed by atoms with Gasteiger partial charge in [0.2, 0.25) is 37.8 Å². The van der Waals surface area contributed by atoms with Gasteiger partial charge in [-0.05, 0) is 57.2 Å². The van der Waals surface area contributed by atoms with Gasteiger partial charge in [0.1, 0.15) is 11.1 Å². The molecular weight excluding hydrogens is 1960 g/mol. The van der Waals surface area contributed by atoms with Gasteiger partial charge >= 0.3 is 35.8 Å². The third kappa shape index (κ3) is 72.7. The lowest BCUT2D eigenvalue weighted by Gasteiger charge is -2.34. The zero-order chi connectivity index (χ0) is 108. The van der Waals surface area contributed by atoms with E-state index in [1.165, 1.54) is 102 Å². The summed E-state index contributed by atoms with van der Waals surface area (Å²) < 4.78 is 172. The van der Waals surface area contributed by atoms with Crippen molar-refractivity contribution in [2.24, 2.45) is 17.2 Å². The van der Waals surface area contributed by atoms with Crippen LogP contribution in [0.4, 0.5) is 0 Å². The molecule has 0 aromatic heterocycles. The van der Waals surface area contributed by atoms with E-state index < -0.39 is 130 Å². The van der Waals surface area contributed by atoms with E-state index in [-0.39, 0.29) is 211 Å². The number of hydrogen-bond donors (Lipinski definition) is 14.